The van der Waals surface area contributed by atoms with Crippen molar-refractivity contribution >= 4 is 34.6 Å². The lowest BCUT2D eigenvalue weighted by Gasteiger charge is -2.35. The summed E-state index contributed by atoms with van der Waals surface area (Å²) in [5.41, 5.74) is 3.68. The lowest BCUT2D eigenvalue weighted by atomic mass is 10.2. The third-order valence-corrected chi connectivity index (χ3v) is 5.86. The average Bonchev–Trinajstić information content (AvgIpc) is 3.23. The normalized spacial score (nSPS) is 14.8. The van der Waals surface area contributed by atoms with Gasteiger partial charge in [-0.3, -0.25) is 4.90 Å². The summed E-state index contributed by atoms with van der Waals surface area (Å²) < 4.78 is 0. The molecule has 0 radical (unpaired) electrons. The van der Waals surface area contributed by atoms with E-state index < -0.39 is 0 Å². The minimum Gasteiger partial charge on any atom is -0.363 e. The van der Waals surface area contributed by atoms with E-state index in [0.29, 0.717) is 0 Å². The SMILES string of the molecule is Cc1ccc(Nc2cc(N(C)C)nc(N3CCN(Cc4ccsc4)CC3)n2)cc1. The van der Waals surface area contributed by atoms with Gasteiger partial charge in [0.15, 0.2) is 0 Å². The maximum Gasteiger partial charge on any atom is 0.229 e. The van der Waals surface area contributed by atoms with Gasteiger partial charge in [-0.15, -0.1) is 0 Å². The third-order valence-electron chi connectivity index (χ3n) is 5.12. The van der Waals surface area contributed by atoms with E-state index in [1.807, 2.05) is 25.1 Å². The van der Waals surface area contributed by atoms with Gasteiger partial charge in [-0.25, -0.2) is 0 Å². The van der Waals surface area contributed by atoms with Crippen LogP contribution in [0.3, 0.4) is 0 Å². The maximum atomic E-state index is 4.82. The number of piperazine rings is 1. The lowest BCUT2D eigenvalue weighted by Crippen LogP contribution is -2.46. The molecule has 0 spiro atoms. The first-order valence-corrected chi connectivity index (χ1v) is 10.9. The first-order valence-electron chi connectivity index (χ1n) is 9.95. The van der Waals surface area contributed by atoms with Gasteiger partial charge in [-0.05, 0) is 41.4 Å². The van der Waals surface area contributed by atoms with Gasteiger partial charge in [-0.2, -0.15) is 21.3 Å². The van der Waals surface area contributed by atoms with Crippen molar-refractivity contribution in [2.24, 2.45) is 0 Å². The highest BCUT2D eigenvalue weighted by Crippen LogP contribution is 2.23. The lowest BCUT2D eigenvalue weighted by molar-refractivity contribution is 0.249. The van der Waals surface area contributed by atoms with Crippen molar-refractivity contribution in [3.63, 3.8) is 0 Å². The Morgan fingerprint density at radius 1 is 1.03 bits per heavy atom. The van der Waals surface area contributed by atoms with Gasteiger partial charge < -0.3 is 15.1 Å². The summed E-state index contributed by atoms with van der Waals surface area (Å²) in [6, 6.07) is 12.6. The smallest absolute Gasteiger partial charge is 0.229 e. The van der Waals surface area contributed by atoms with Crippen LogP contribution < -0.4 is 15.1 Å². The number of hydrogen-bond acceptors (Lipinski definition) is 7. The fraction of sp³-hybridized carbons (Fsp3) is 0.364. The van der Waals surface area contributed by atoms with Gasteiger partial charge in [0.25, 0.3) is 0 Å². The quantitative estimate of drug-likeness (QED) is 0.666. The summed E-state index contributed by atoms with van der Waals surface area (Å²) in [5, 5.41) is 7.81. The first kappa shape index (κ1) is 19.7. The standard InChI is InChI=1S/C22H28N6S/c1-17-4-6-19(7-5-17)23-20-14-21(26(2)3)25-22(24-20)28-11-9-27(10-12-28)15-18-8-13-29-16-18/h4-8,13-14,16H,9-12,15H2,1-3H3,(H,23,24,25). The van der Waals surface area contributed by atoms with Gasteiger partial charge in [0.1, 0.15) is 11.6 Å². The van der Waals surface area contributed by atoms with E-state index in [1.165, 1.54) is 11.1 Å². The second-order valence-electron chi connectivity index (χ2n) is 7.69. The number of thiophene rings is 1. The zero-order valence-corrected chi connectivity index (χ0v) is 18.1. The van der Waals surface area contributed by atoms with Gasteiger partial charge in [-0.1, -0.05) is 17.7 Å². The van der Waals surface area contributed by atoms with E-state index in [2.05, 4.69) is 63.1 Å². The number of aromatic nitrogens is 2. The van der Waals surface area contributed by atoms with E-state index >= 15 is 0 Å². The van der Waals surface area contributed by atoms with Crippen LogP contribution in [0.2, 0.25) is 0 Å². The molecule has 3 aromatic rings. The molecule has 0 aliphatic carbocycles. The molecule has 29 heavy (non-hydrogen) atoms. The molecule has 6 nitrogen and oxygen atoms in total. The third kappa shape index (κ3) is 5.05. The predicted octanol–water partition coefficient (Wildman–Crippen LogP) is 3.98. The molecule has 4 rings (SSSR count). The summed E-state index contributed by atoms with van der Waals surface area (Å²) >= 11 is 1.76. The molecule has 1 aromatic carbocycles. The van der Waals surface area contributed by atoms with Crippen LogP contribution in [-0.2, 0) is 6.54 Å². The Bertz CT molecular complexity index is 915. The van der Waals surface area contributed by atoms with Gasteiger partial charge in [0, 0.05) is 58.6 Å². The van der Waals surface area contributed by atoms with Crippen molar-refractivity contribution in [2.75, 3.05) is 55.4 Å². The van der Waals surface area contributed by atoms with E-state index in [4.69, 9.17) is 9.97 Å². The molecule has 0 bridgehead atoms. The molecule has 1 aliphatic rings. The number of aryl methyl sites for hydroxylation is 1. The summed E-state index contributed by atoms with van der Waals surface area (Å²) in [6.07, 6.45) is 0. The van der Waals surface area contributed by atoms with E-state index in [0.717, 1.165) is 56.0 Å². The van der Waals surface area contributed by atoms with Crippen LogP contribution in [0, 0.1) is 6.92 Å². The van der Waals surface area contributed by atoms with Crippen molar-refractivity contribution in [1.82, 2.24) is 14.9 Å². The summed E-state index contributed by atoms with van der Waals surface area (Å²) in [5.74, 6) is 2.52. The molecule has 1 fully saturated rings. The van der Waals surface area contributed by atoms with Gasteiger partial charge >= 0.3 is 0 Å². The molecular weight excluding hydrogens is 380 g/mol. The van der Waals surface area contributed by atoms with Crippen LogP contribution in [0.4, 0.5) is 23.3 Å². The number of benzene rings is 1. The van der Waals surface area contributed by atoms with Crippen LogP contribution >= 0.6 is 11.3 Å². The molecular formula is C22H28N6S. The van der Waals surface area contributed by atoms with E-state index in [-0.39, 0.29) is 0 Å². The van der Waals surface area contributed by atoms with Crippen molar-refractivity contribution in [2.45, 2.75) is 13.5 Å². The van der Waals surface area contributed by atoms with Crippen molar-refractivity contribution in [3.8, 4) is 0 Å². The second-order valence-corrected chi connectivity index (χ2v) is 8.47. The van der Waals surface area contributed by atoms with Crippen molar-refractivity contribution < 1.29 is 0 Å². The van der Waals surface area contributed by atoms with Crippen LogP contribution in [-0.4, -0.2) is 55.1 Å². The van der Waals surface area contributed by atoms with Crippen molar-refractivity contribution in [1.29, 1.82) is 0 Å². The molecule has 0 unspecified atom stereocenters. The fourth-order valence-corrected chi connectivity index (χ4v) is 4.05. The molecule has 1 N–H and O–H groups in total. The van der Waals surface area contributed by atoms with Crippen LogP contribution in [0.25, 0.3) is 0 Å². The molecule has 7 heteroatoms. The van der Waals surface area contributed by atoms with E-state index in [9.17, 15) is 0 Å². The monoisotopic (exact) mass is 408 g/mol. The average molecular weight is 409 g/mol. The Labute approximate surface area is 176 Å². The molecule has 2 aromatic heterocycles. The number of nitrogens with one attached hydrogen (secondary N) is 1. The molecule has 1 saturated heterocycles. The Balaban J connectivity index is 1.47. The highest BCUT2D eigenvalue weighted by molar-refractivity contribution is 7.07. The second kappa shape index (κ2) is 8.80. The Kier molecular flexibility index (Phi) is 5.97. The number of nitrogens with zero attached hydrogens (tertiary/aromatic N) is 5. The summed E-state index contributed by atoms with van der Waals surface area (Å²) in [4.78, 5) is 16.4. The van der Waals surface area contributed by atoms with Crippen molar-refractivity contribution in [3.05, 3.63) is 58.3 Å². The Hall–Kier alpha value is -2.64. The highest BCUT2D eigenvalue weighted by Gasteiger charge is 2.20. The maximum absolute atomic E-state index is 4.82. The topological polar surface area (TPSA) is 47.5 Å². The zero-order chi connectivity index (χ0) is 20.2. The minimum absolute atomic E-state index is 0.793. The summed E-state index contributed by atoms with van der Waals surface area (Å²) in [6.45, 7) is 7.03. The zero-order valence-electron chi connectivity index (χ0n) is 17.3. The van der Waals surface area contributed by atoms with Crippen LogP contribution in [0.15, 0.2) is 47.2 Å². The van der Waals surface area contributed by atoms with Crippen LogP contribution in [0.1, 0.15) is 11.1 Å². The largest absolute Gasteiger partial charge is 0.363 e. The molecule has 1 aliphatic heterocycles. The number of hydrogen-bond donors (Lipinski definition) is 1. The molecule has 0 saturated carbocycles. The van der Waals surface area contributed by atoms with Gasteiger partial charge in [0.05, 0.1) is 0 Å². The minimum atomic E-state index is 0.793. The highest BCUT2D eigenvalue weighted by atomic mass is 32.1. The van der Waals surface area contributed by atoms with E-state index in [1.54, 1.807) is 11.3 Å². The molecule has 3 heterocycles. The number of rotatable bonds is 6. The number of anilines is 4. The van der Waals surface area contributed by atoms with Crippen LogP contribution in [0.5, 0.6) is 0 Å². The molecule has 0 atom stereocenters. The summed E-state index contributed by atoms with van der Waals surface area (Å²) in [7, 11) is 4.03. The molecule has 0 amide bonds. The Morgan fingerprint density at radius 2 is 1.79 bits per heavy atom. The fourth-order valence-electron chi connectivity index (χ4n) is 3.39. The first-order chi connectivity index (χ1) is 14.1. The Morgan fingerprint density at radius 3 is 2.45 bits per heavy atom. The molecule has 152 valence electrons. The van der Waals surface area contributed by atoms with Gasteiger partial charge in [0.2, 0.25) is 5.95 Å². The predicted molar refractivity (Wildman–Crippen MR) is 123 cm³/mol.